The Morgan fingerprint density at radius 2 is 1.79 bits per heavy atom. The van der Waals surface area contributed by atoms with E-state index in [1.165, 1.54) is 22.0 Å². The van der Waals surface area contributed by atoms with E-state index in [1.807, 2.05) is 30.3 Å². The predicted octanol–water partition coefficient (Wildman–Crippen LogP) is 3.62. The highest BCUT2D eigenvalue weighted by Gasteiger charge is 2.33. The number of hydrazone groups is 1. The lowest BCUT2D eigenvalue weighted by Gasteiger charge is -2.25. The molecule has 6 heteroatoms. The van der Waals surface area contributed by atoms with Gasteiger partial charge in [0.15, 0.2) is 0 Å². The van der Waals surface area contributed by atoms with Gasteiger partial charge >= 0.3 is 0 Å². The third-order valence-corrected chi connectivity index (χ3v) is 4.77. The molecule has 0 radical (unpaired) electrons. The molecule has 0 bridgehead atoms. The van der Waals surface area contributed by atoms with Gasteiger partial charge in [0.1, 0.15) is 12.4 Å². The zero-order valence-corrected chi connectivity index (χ0v) is 16.3. The summed E-state index contributed by atoms with van der Waals surface area (Å²) < 4.78 is 13.3. The van der Waals surface area contributed by atoms with Gasteiger partial charge in [-0.3, -0.25) is 9.59 Å². The number of likely N-dealkylation sites (N-methyl/N-ethyl adjacent to an activating group) is 1. The Morgan fingerprint density at radius 3 is 2.39 bits per heavy atom. The van der Waals surface area contributed by atoms with Crippen molar-refractivity contribution in [2.24, 2.45) is 11.0 Å². The first kappa shape index (κ1) is 19.7. The molecule has 0 spiro atoms. The third-order valence-electron chi connectivity index (χ3n) is 4.77. The second-order valence-corrected chi connectivity index (χ2v) is 7.27. The van der Waals surface area contributed by atoms with Gasteiger partial charge in [0, 0.05) is 19.4 Å². The molecule has 2 amide bonds. The van der Waals surface area contributed by atoms with E-state index in [2.05, 4.69) is 5.10 Å². The molecule has 0 aliphatic carbocycles. The molecule has 0 saturated carbocycles. The summed E-state index contributed by atoms with van der Waals surface area (Å²) in [7, 11) is 1.62. The molecular formula is C22H24FN3O2. The smallest absolute Gasteiger partial charge is 0.262 e. The van der Waals surface area contributed by atoms with Crippen molar-refractivity contribution in [3.8, 4) is 0 Å². The number of halogens is 1. The van der Waals surface area contributed by atoms with Crippen molar-refractivity contribution in [1.29, 1.82) is 0 Å². The van der Waals surface area contributed by atoms with Gasteiger partial charge in [0.25, 0.3) is 5.91 Å². The van der Waals surface area contributed by atoms with E-state index < -0.39 is 0 Å². The van der Waals surface area contributed by atoms with Crippen molar-refractivity contribution in [1.82, 2.24) is 9.91 Å². The summed E-state index contributed by atoms with van der Waals surface area (Å²) in [5, 5.41) is 6.00. The van der Waals surface area contributed by atoms with Crippen molar-refractivity contribution in [2.45, 2.75) is 26.3 Å². The Balaban J connectivity index is 1.87. The van der Waals surface area contributed by atoms with Crippen LogP contribution < -0.4 is 0 Å². The van der Waals surface area contributed by atoms with E-state index in [9.17, 15) is 14.0 Å². The minimum atomic E-state index is -0.316. The quantitative estimate of drug-likeness (QED) is 0.794. The van der Waals surface area contributed by atoms with Crippen molar-refractivity contribution in [3.63, 3.8) is 0 Å². The first-order valence-electron chi connectivity index (χ1n) is 9.32. The van der Waals surface area contributed by atoms with Gasteiger partial charge < -0.3 is 4.90 Å². The van der Waals surface area contributed by atoms with Gasteiger partial charge in [0.05, 0.1) is 11.8 Å². The molecule has 5 nitrogen and oxygen atoms in total. The van der Waals surface area contributed by atoms with Crippen LogP contribution in [0.2, 0.25) is 0 Å². The Bertz CT molecular complexity index is 878. The number of nitrogens with zero attached hydrogens (tertiary/aromatic N) is 3. The summed E-state index contributed by atoms with van der Waals surface area (Å²) in [6.07, 6.45) is 0.531. The highest BCUT2D eigenvalue weighted by molar-refractivity contribution is 6.03. The van der Waals surface area contributed by atoms with E-state index in [4.69, 9.17) is 0 Å². The Hall–Kier alpha value is -3.02. The lowest BCUT2D eigenvalue weighted by Crippen LogP contribution is -2.40. The fourth-order valence-electron chi connectivity index (χ4n) is 3.29. The molecule has 1 atom stereocenters. The topological polar surface area (TPSA) is 53.0 Å². The van der Waals surface area contributed by atoms with Crippen LogP contribution in [0.1, 0.15) is 37.4 Å². The van der Waals surface area contributed by atoms with Crippen LogP contribution in [0.25, 0.3) is 0 Å². The van der Waals surface area contributed by atoms with E-state index in [0.717, 1.165) is 16.8 Å². The molecule has 28 heavy (non-hydrogen) atoms. The summed E-state index contributed by atoms with van der Waals surface area (Å²) in [5.74, 6) is -0.836. The van der Waals surface area contributed by atoms with Crippen LogP contribution in [0.4, 0.5) is 4.39 Å². The predicted molar refractivity (Wildman–Crippen MR) is 106 cm³/mol. The normalized spacial score (nSPS) is 16.2. The van der Waals surface area contributed by atoms with E-state index >= 15 is 0 Å². The zero-order valence-electron chi connectivity index (χ0n) is 16.3. The largest absolute Gasteiger partial charge is 0.336 e. The Morgan fingerprint density at radius 1 is 1.14 bits per heavy atom. The van der Waals surface area contributed by atoms with Crippen molar-refractivity contribution >= 4 is 17.5 Å². The van der Waals surface area contributed by atoms with Gasteiger partial charge in [-0.1, -0.05) is 56.3 Å². The molecule has 1 aliphatic rings. The van der Waals surface area contributed by atoms with E-state index in [-0.39, 0.29) is 36.1 Å². The summed E-state index contributed by atoms with van der Waals surface area (Å²) >= 11 is 0. The first-order valence-corrected chi connectivity index (χ1v) is 9.32. The minimum absolute atomic E-state index is 0.0411. The number of rotatable bonds is 5. The van der Waals surface area contributed by atoms with Crippen LogP contribution in [-0.2, 0) is 9.59 Å². The molecule has 0 aromatic heterocycles. The van der Waals surface area contributed by atoms with Crippen molar-refractivity contribution < 1.29 is 14.0 Å². The molecule has 2 aromatic rings. The lowest BCUT2D eigenvalue weighted by atomic mass is 9.98. The highest BCUT2D eigenvalue weighted by Crippen LogP contribution is 2.32. The molecule has 146 valence electrons. The average Bonchev–Trinajstić information content (AvgIpc) is 3.14. The standard InChI is InChI=1S/C22H24FN3O2/c1-15(2)22(28)25(3)14-21(27)26-20(17-7-5-4-6-8-17)13-19(24-26)16-9-11-18(23)12-10-16/h4-12,15,20H,13-14H2,1-3H3. The van der Waals surface area contributed by atoms with E-state index in [1.54, 1.807) is 33.0 Å². The minimum Gasteiger partial charge on any atom is -0.336 e. The maximum absolute atomic E-state index is 13.3. The molecule has 1 unspecified atom stereocenters. The molecule has 0 N–H and O–H groups in total. The number of carbonyl (C=O) groups excluding carboxylic acids is 2. The highest BCUT2D eigenvalue weighted by atomic mass is 19.1. The van der Waals surface area contributed by atoms with Gasteiger partial charge in [0.2, 0.25) is 5.91 Å². The fourth-order valence-corrected chi connectivity index (χ4v) is 3.29. The van der Waals surface area contributed by atoms with Gasteiger partial charge in [-0.25, -0.2) is 9.40 Å². The number of benzene rings is 2. The fraction of sp³-hybridized carbons (Fsp3) is 0.318. The van der Waals surface area contributed by atoms with Crippen molar-refractivity contribution in [3.05, 3.63) is 71.5 Å². The van der Waals surface area contributed by atoms with Gasteiger partial charge in [-0.2, -0.15) is 5.10 Å². The maximum Gasteiger partial charge on any atom is 0.262 e. The number of amides is 2. The molecule has 0 fully saturated rings. The van der Waals surface area contributed by atoms with Crippen LogP contribution in [0.5, 0.6) is 0 Å². The molecule has 0 saturated heterocycles. The number of carbonyl (C=O) groups is 2. The lowest BCUT2D eigenvalue weighted by molar-refractivity contribution is -0.142. The summed E-state index contributed by atoms with van der Waals surface area (Å²) in [5.41, 5.74) is 2.47. The third kappa shape index (κ3) is 4.27. The van der Waals surface area contributed by atoms with Crippen LogP contribution in [0.15, 0.2) is 59.7 Å². The van der Waals surface area contributed by atoms with Crippen LogP contribution >= 0.6 is 0 Å². The van der Waals surface area contributed by atoms with Crippen LogP contribution in [0, 0.1) is 11.7 Å². The van der Waals surface area contributed by atoms with Gasteiger partial charge in [-0.05, 0) is 23.3 Å². The van der Waals surface area contributed by atoms with Crippen LogP contribution in [0.3, 0.4) is 0 Å². The number of hydrogen-bond donors (Lipinski definition) is 0. The van der Waals surface area contributed by atoms with Crippen LogP contribution in [-0.4, -0.2) is 41.0 Å². The van der Waals surface area contributed by atoms with E-state index in [0.29, 0.717) is 6.42 Å². The summed E-state index contributed by atoms with van der Waals surface area (Å²) in [4.78, 5) is 26.5. The Labute approximate surface area is 164 Å². The SMILES string of the molecule is CC(C)C(=O)N(C)CC(=O)N1N=C(c2ccc(F)cc2)CC1c1ccccc1. The Kier molecular flexibility index (Phi) is 5.87. The maximum atomic E-state index is 13.3. The monoisotopic (exact) mass is 381 g/mol. The molecule has 2 aromatic carbocycles. The molecule has 3 rings (SSSR count). The molecule has 1 aliphatic heterocycles. The average molecular weight is 381 g/mol. The molecule has 1 heterocycles. The molecular weight excluding hydrogens is 357 g/mol. The number of hydrogen-bond acceptors (Lipinski definition) is 3. The summed E-state index contributed by atoms with van der Waals surface area (Å²) in [6.45, 7) is 3.56. The van der Waals surface area contributed by atoms with Crippen molar-refractivity contribution in [2.75, 3.05) is 13.6 Å². The second kappa shape index (κ2) is 8.33. The second-order valence-electron chi connectivity index (χ2n) is 7.27. The summed E-state index contributed by atoms with van der Waals surface area (Å²) in [6, 6.07) is 15.5. The zero-order chi connectivity index (χ0) is 20.3. The first-order chi connectivity index (χ1) is 13.4. The van der Waals surface area contributed by atoms with Gasteiger partial charge in [-0.15, -0.1) is 0 Å².